The van der Waals surface area contributed by atoms with Crippen molar-refractivity contribution in [2.45, 2.75) is 25.9 Å². The topological polar surface area (TPSA) is 35.2 Å². The van der Waals surface area contributed by atoms with Gasteiger partial charge < -0.3 is 10.5 Å². The molecule has 2 N–H and O–H groups in total. The maximum absolute atomic E-state index is 5.65. The largest absolute Gasteiger partial charge is 0.372 e. The van der Waals surface area contributed by atoms with Crippen LogP contribution in [0.25, 0.3) is 0 Å². The molecule has 0 saturated heterocycles. The van der Waals surface area contributed by atoms with Gasteiger partial charge in [0.05, 0.1) is 12.7 Å². The average molecular weight is 197 g/mol. The van der Waals surface area contributed by atoms with Gasteiger partial charge in [-0.3, -0.25) is 0 Å². The highest BCUT2D eigenvalue weighted by Gasteiger charge is 2.21. The van der Waals surface area contributed by atoms with E-state index in [1.54, 1.807) is 0 Å². The van der Waals surface area contributed by atoms with Crippen molar-refractivity contribution in [2.24, 2.45) is 5.73 Å². The van der Waals surface area contributed by atoms with Crippen molar-refractivity contribution in [1.82, 2.24) is 0 Å². The molecule has 72 valence electrons. The number of ether oxygens (including phenoxy) is 1. The van der Waals surface area contributed by atoms with Crippen molar-refractivity contribution in [2.75, 3.05) is 13.2 Å². The molecule has 1 aliphatic heterocycles. The van der Waals surface area contributed by atoms with Crippen LogP contribution in [-0.4, -0.2) is 13.2 Å². The van der Waals surface area contributed by atoms with Crippen molar-refractivity contribution in [1.29, 1.82) is 0 Å². The molecule has 1 unspecified atom stereocenters. The number of rotatable bonds is 2. The molecular weight excluding hydrogens is 182 g/mol. The third-order valence-electron chi connectivity index (χ3n) is 2.45. The summed E-state index contributed by atoms with van der Waals surface area (Å²) >= 11 is 1.92. The molecule has 13 heavy (non-hydrogen) atoms. The SMILES string of the molecule is CCc1cc2c(s1)CCOC2CN. The zero-order chi connectivity index (χ0) is 9.26. The molecule has 0 aromatic carbocycles. The van der Waals surface area contributed by atoms with Gasteiger partial charge in [-0.1, -0.05) is 6.92 Å². The van der Waals surface area contributed by atoms with Crippen LogP contribution in [0, 0.1) is 0 Å². The van der Waals surface area contributed by atoms with Crippen LogP contribution in [-0.2, 0) is 17.6 Å². The summed E-state index contributed by atoms with van der Waals surface area (Å²) in [5.74, 6) is 0. The summed E-state index contributed by atoms with van der Waals surface area (Å²) in [4.78, 5) is 2.94. The maximum Gasteiger partial charge on any atom is 0.0958 e. The number of hydrogen-bond acceptors (Lipinski definition) is 3. The van der Waals surface area contributed by atoms with E-state index in [0.29, 0.717) is 6.54 Å². The fourth-order valence-corrected chi connectivity index (χ4v) is 2.86. The van der Waals surface area contributed by atoms with E-state index in [4.69, 9.17) is 10.5 Å². The highest BCUT2D eigenvalue weighted by molar-refractivity contribution is 7.12. The molecule has 0 spiro atoms. The van der Waals surface area contributed by atoms with E-state index in [1.165, 1.54) is 15.3 Å². The fraction of sp³-hybridized carbons (Fsp3) is 0.600. The molecule has 0 aliphatic carbocycles. The molecule has 0 bridgehead atoms. The predicted octanol–water partition coefficient (Wildman–Crippen LogP) is 1.88. The second kappa shape index (κ2) is 3.78. The first-order valence-electron chi connectivity index (χ1n) is 4.78. The molecule has 0 amide bonds. The Labute approximate surface area is 82.7 Å². The third kappa shape index (κ3) is 1.64. The van der Waals surface area contributed by atoms with Crippen LogP contribution in [0.1, 0.15) is 28.3 Å². The first-order chi connectivity index (χ1) is 6.35. The Morgan fingerprint density at radius 1 is 1.69 bits per heavy atom. The van der Waals surface area contributed by atoms with Crippen LogP contribution in [0.5, 0.6) is 0 Å². The first kappa shape index (κ1) is 9.19. The third-order valence-corrected chi connectivity index (χ3v) is 3.81. The molecule has 1 aliphatic rings. The minimum absolute atomic E-state index is 0.153. The van der Waals surface area contributed by atoms with Crippen LogP contribution in [0.15, 0.2) is 6.07 Å². The number of fused-ring (bicyclic) bond motifs is 1. The van der Waals surface area contributed by atoms with Crippen LogP contribution in [0.2, 0.25) is 0 Å². The lowest BCUT2D eigenvalue weighted by atomic mass is 10.1. The molecule has 1 aromatic rings. The Kier molecular flexibility index (Phi) is 2.67. The Hall–Kier alpha value is -0.380. The van der Waals surface area contributed by atoms with E-state index in [1.807, 2.05) is 11.3 Å². The normalized spacial score (nSPS) is 21.5. The van der Waals surface area contributed by atoms with Gasteiger partial charge in [0.25, 0.3) is 0 Å². The molecule has 2 nitrogen and oxygen atoms in total. The molecule has 0 saturated carbocycles. The fourth-order valence-electron chi connectivity index (χ4n) is 1.72. The Morgan fingerprint density at radius 2 is 2.54 bits per heavy atom. The van der Waals surface area contributed by atoms with Crippen LogP contribution >= 0.6 is 11.3 Å². The van der Waals surface area contributed by atoms with Crippen molar-refractivity contribution in [3.8, 4) is 0 Å². The van der Waals surface area contributed by atoms with Gasteiger partial charge in [0.2, 0.25) is 0 Å². The lowest BCUT2D eigenvalue weighted by molar-refractivity contribution is 0.0498. The van der Waals surface area contributed by atoms with Gasteiger partial charge in [-0.25, -0.2) is 0 Å². The minimum atomic E-state index is 0.153. The number of hydrogen-bond donors (Lipinski definition) is 1. The van der Waals surface area contributed by atoms with Gasteiger partial charge in [0, 0.05) is 22.7 Å². The van der Waals surface area contributed by atoms with E-state index >= 15 is 0 Å². The molecule has 1 aromatic heterocycles. The summed E-state index contributed by atoms with van der Waals surface area (Å²) in [5.41, 5.74) is 6.99. The maximum atomic E-state index is 5.65. The van der Waals surface area contributed by atoms with E-state index in [2.05, 4.69) is 13.0 Å². The first-order valence-corrected chi connectivity index (χ1v) is 5.60. The molecule has 2 rings (SSSR count). The monoisotopic (exact) mass is 197 g/mol. The van der Waals surface area contributed by atoms with Gasteiger partial charge >= 0.3 is 0 Å². The second-order valence-electron chi connectivity index (χ2n) is 3.29. The average Bonchev–Trinajstić information content (AvgIpc) is 2.59. The van der Waals surface area contributed by atoms with Crippen LogP contribution in [0.4, 0.5) is 0 Å². The van der Waals surface area contributed by atoms with Gasteiger partial charge in [-0.15, -0.1) is 11.3 Å². The van der Waals surface area contributed by atoms with Crippen molar-refractivity contribution >= 4 is 11.3 Å². The van der Waals surface area contributed by atoms with Gasteiger partial charge in [-0.2, -0.15) is 0 Å². The zero-order valence-electron chi connectivity index (χ0n) is 7.88. The Morgan fingerprint density at radius 3 is 3.23 bits per heavy atom. The van der Waals surface area contributed by atoms with Crippen LogP contribution in [0.3, 0.4) is 0 Å². The summed E-state index contributed by atoms with van der Waals surface area (Å²) in [5, 5.41) is 0. The smallest absolute Gasteiger partial charge is 0.0958 e. The van der Waals surface area contributed by atoms with Gasteiger partial charge in [0.1, 0.15) is 0 Å². The Balaban J connectivity index is 2.32. The molecular formula is C10H15NOS. The predicted molar refractivity (Wildman–Crippen MR) is 55.1 cm³/mol. The number of aryl methyl sites for hydroxylation is 1. The number of thiophene rings is 1. The van der Waals surface area contributed by atoms with E-state index < -0.39 is 0 Å². The molecule has 0 radical (unpaired) electrons. The minimum Gasteiger partial charge on any atom is -0.372 e. The number of nitrogens with two attached hydrogens (primary N) is 1. The van der Waals surface area contributed by atoms with E-state index in [9.17, 15) is 0 Å². The quantitative estimate of drug-likeness (QED) is 0.785. The lowest BCUT2D eigenvalue weighted by Gasteiger charge is -2.21. The molecule has 2 heterocycles. The molecule has 1 atom stereocenters. The molecule has 0 fully saturated rings. The van der Waals surface area contributed by atoms with Gasteiger partial charge in [0.15, 0.2) is 0 Å². The van der Waals surface area contributed by atoms with E-state index in [0.717, 1.165) is 19.4 Å². The van der Waals surface area contributed by atoms with Gasteiger partial charge in [-0.05, 0) is 18.1 Å². The van der Waals surface area contributed by atoms with Crippen LogP contribution < -0.4 is 5.73 Å². The van der Waals surface area contributed by atoms with Crippen molar-refractivity contribution in [3.63, 3.8) is 0 Å². The Bertz CT molecular complexity index is 295. The van der Waals surface area contributed by atoms with Crippen molar-refractivity contribution in [3.05, 3.63) is 21.4 Å². The highest BCUT2D eigenvalue weighted by Crippen LogP contribution is 2.33. The van der Waals surface area contributed by atoms with Crippen molar-refractivity contribution < 1.29 is 4.74 Å². The lowest BCUT2D eigenvalue weighted by Crippen LogP contribution is -2.21. The summed E-state index contributed by atoms with van der Waals surface area (Å²) in [6.45, 7) is 3.63. The standard InChI is InChI=1S/C10H15NOS/c1-2-7-5-8-9(6-11)12-4-3-10(8)13-7/h5,9H,2-4,6,11H2,1H3. The zero-order valence-corrected chi connectivity index (χ0v) is 8.69. The second-order valence-corrected chi connectivity index (χ2v) is 4.51. The van der Waals surface area contributed by atoms with E-state index in [-0.39, 0.29) is 6.10 Å². The summed E-state index contributed by atoms with van der Waals surface area (Å²) in [7, 11) is 0. The summed E-state index contributed by atoms with van der Waals surface area (Å²) in [6, 6.07) is 2.26. The molecule has 3 heteroatoms. The summed E-state index contributed by atoms with van der Waals surface area (Å²) in [6.07, 6.45) is 2.34. The summed E-state index contributed by atoms with van der Waals surface area (Å²) < 4.78 is 5.59. The highest BCUT2D eigenvalue weighted by atomic mass is 32.1.